The van der Waals surface area contributed by atoms with Crippen molar-refractivity contribution in [3.63, 3.8) is 0 Å². The molecule has 8 nitrogen and oxygen atoms in total. The van der Waals surface area contributed by atoms with Gasteiger partial charge in [-0.05, 0) is 49.9 Å². The minimum atomic E-state index is -3.54. The first-order chi connectivity index (χ1) is 14.0. The molecule has 1 amide bonds. The monoisotopic (exact) mass is 418 g/mol. The molecule has 0 unspecified atom stereocenters. The number of methoxy groups -OCH3 is 1. The van der Waals surface area contributed by atoms with Crippen LogP contribution in [0, 0.1) is 0 Å². The van der Waals surface area contributed by atoms with Crippen LogP contribution in [-0.2, 0) is 10.0 Å². The number of rotatable bonds is 5. The topological polar surface area (TPSA) is 95.6 Å². The Labute approximate surface area is 170 Å². The van der Waals surface area contributed by atoms with Crippen LogP contribution >= 0.6 is 0 Å². The first-order valence-corrected chi connectivity index (χ1v) is 11.4. The zero-order valence-corrected chi connectivity index (χ0v) is 17.3. The van der Waals surface area contributed by atoms with E-state index >= 15 is 0 Å². The van der Waals surface area contributed by atoms with Crippen LogP contribution in [0.5, 0.6) is 5.75 Å². The van der Waals surface area contributed by atoms with E-state index in [0.717, 1.165) is 31.6 Å². The van der Waals surface area contributed by atoms with Crippen LogP contribution in [0.2, 0.25) is 0 Å². The van der Waals surface area contributed by atoms with E-state index in [2.05, 4.69) is 10.2 Å². The molecule has 0 aliphatic carbocycles. The van der Waals surface area contributed by atoms with Gasteiger partial charge in [0.1, 0.15) is 5.75 Å². The number of aromatic amines is 1. The molecule has 29 heavy (non-hydrogen) atoms. The minimum Gasteiger partial charge on any atom is -0.497 e. The summed E-state index contributed by atoms with van der Waals surface area (Å²) in [7, 11) is -1.99. The standard InChI is InChI=1S/C20H26N4O4S/c1-28-16-4-6-17(7-5-16)29(26,27)24-12-8-15(9-13-24)19-18(14-21-22-19)20(25)23-10-2-3-11-23/h4-7,14-15H,2-3,8-13H2,1H3,(H,21,22). The summed E-state index contributed by atoms with van der Waals surface area (Å²) in [6, 6.07) is 6.45. The third-order valence-corrected chi connectivity index (χ3v) is 7.76. The number of piperidine rings is 1. The number of aromatic nitrogens is 2. The molecule has 156 valence electrons. The van der Waals surface area contributed by atoms with E-state index in [-0.39, 0.29) is 16.7 Å². The van der Waals surface area contributed by atoms with Crippen molar-refractivity contribution in [2.24, 2.45) is 0 Å². The molecule has 1 aromatic heterocycles. The Morgan fingerprint density at radius 1 is 1.10 bits per heavy atom. The summed E-state index contributed by atoms with van der Waals surface area (Å²) in [6.45, 7) is 2.41. The predicted octanol–water partition coefficient (Wildman–Crippen LogP) is 2.22. The molecule has 2 aromatic rings. The second-order valence-electron chi connectivity index (χ2n) is 7.55. The van der Waals surface area contributed by atoms with E-state index in [4.69, 9.17) is 4.74 Å². The van der Waals surface area contributed by atoms with E-state index in [1.54, 1.807) is 37.6 Å². The number of carbonyl (C=O) groups is 1. The van der Waals surface area contributed by atoms with Crippen molar-refractivity contribution >= 4 is 15.9 Å². The molecule has 4 rings (SSSR count). The second kappa shape index (κ2) is 8.16. The molecule has 0 atom stereocenters. The van der Waals surface area contributed by atoms with Gasteiger partial charge in [-0.2, -0.15) is 9.40 Å². The number of hydrogen-bond donors (Lipinski definition) is 1. The number of nitrogens with zero attached hydrogens (tertiary/aromatic N) is 3. The van der Waals surface area contributed by atoms with Gasteiger partial charge in [-0.1, -0.05) is 0 Å². The van der Waals surface area contributed by atoms with Crippen LogP contribution < -0.4 is 4.74 Å². The molecule has 0 saturated carbocycles. The maximum Gasteiger partial charge on any atom is 0.257 e. The molecule has 2 aliphatic heterocycles. The highest BCUT2D eigenvalue weighted by atomic mass is 32.2. The third kappa shape index (κ3) is 3.89. The van der Waals surface area contributed by atoms with Crippen LogP contribution in [0.1, 0.15) is 47.7 Å². The van der Waals surface area contributed by atoms with Crippen LogP contribution in [0.15, 0.2) is 35.4 Å². The molecule has 2 saturated heterocycles. The summed E-state index contributed by atoms with van der Waals surface area (Å²) in [4.78, 5) is 14.9. The van der Waals surface area contributed by atoms with E-state index < -0.39 is 10.0 Å². The quantitative estimate of drug-likeness (QED) is 0.803. The first kappa shape index (κ1) is 19.9. The Bertz CT molecular complexity index is 957. The Kier molecular flexibility index (Phi) is 5.60. The predicted molar refractivity (Wildman–Crippen MR) is 107 cm³/mol. The average molecular weight is 419 g/mol. The molecule has 2 aliphatic rings. The summed E-state index contributed by atoms with van der Waals surface area (Å²) in [5, 5.41) is 7.10. The van der Waals surface area contributed by atoms with Crippen molar-refractivity contribution < 1.29 is 17.9 Å². The Hall–Kier alpha value is -2.39. The van der Waals surface area contributed by atoms with Crippen LogP contribution in [0.25, 0.3) is 0 Å². The lowest BCUT2D eigenvalue weighted by atomic mass is 9.92. The highest BCUT2D eigenvalue weighted by molar-refractivity contribution is 7.89. The van der Waals surface area contributed by atoms with Crippen LogP contribution in [0.3, 0.4) is 0 Å². The number of H-pyrrole nitrogens is 1. The fraction of sp³-hybridized carbons (Fsp3) is 0.500. The highest BCUT2D eigenvalue weighted by Gasteiger charge is 2.33. The van der Waals surface area contributed by atoms with Crippen LogP contribution in [0.4, 0.5) is 0 Å². The van der Waals surface area contributed by atoms with Gasteiger partial charge in [0.15, 0.2) is 0 Å². The second-order valence-corrected chi connectivity index (χ2v) is 9.49. The molecule has 1 aromatic carbocycles. The van der Waals surface area contributed by atoms with Crippen molar-refractivity contribution in [2.45, 2.75) is 36.5 Å². The number of nitrogens with one attached hydrogen (secondary N) is 1. The summed E-state index contributed by atoms with van der Waals surface area (Å²) in [5.74, 6) is 0.748. The number of amides is 1. The molecule has 0 bridgehead atoms. The third-order valence-electron chi connectivity index (χ3n) is 5.85. The maximum atomic E-state index is 12.9. The molecule has 9 heteroatoms. The fourth-order valence-electron chi connectivity index (χ4n) is 4.15. The largest absolute Gasteiger partial charge is 0.497 e. The summed E-state index contributed by atoms with van der Waals surface area (Å²) in [5.41, 5.74) is 1.46. The zero-order valence-electron chi connectivity index (χ0n) is 16.5. The SMILES string of the molecule is COc1ccc(S(=O)(=O)N2CCC(c3[nH]ncc3C(=O)N3CCCC3)CC2)cc1. The van der Waals surface area contributed by atoms with Gasteiger partial charge in [-0.25, -0.2) is 8.42 Å². The van der Waals surface area contributed by atoms with Gasteiger partial charge in [-0.15, -0.1) is 0 Å². The number of hydrogen-bond acceptors (Lipinski definition) is 5. The zero-order chi connectivity index (χ0) is 20.4. The smallest absolute Gasteiger partial charge is 0.257 e. The number of ether oxygens (including phenoxy) is 1. The summed E-state index contributed by atoms with van der Waals surface area (Å²) >= 11 is 0. The van der Waals surface area contributed by atoms with E-state index in [0.29, 0.717) is 37.2 Å². The van der Waals surface area contributed by atoms with Crippen molar-refractivity contribution in [1.82, 2.24) is 19.4 Å². The fourth-order valence-corrected chi connectivity index (χ4v) is 5.62. The van der Waals surface area contributed by atoms with Crippen molar-refractivity contribution in [1.29, 1.82) is 0 Å². The van der Waals surface area contributed by atoms with Gasteiger partial charge >= 0.3 is 0 Å². The minimum absolute atomic E-state index is 0.0273. The lowest BCUT2D eigenvalue weighted by molar-refractivity contribution is 0.0790. The van der Waals surface area contributed by atoms with E-state index in [1.165, 1.54) is 4.31 Å². The number of carbonyl (C=O) groups excluding carboxylic acids is 1. The van der Waals surface area contributed by atoms with Crippen molar-refractivity contribution in [3.05, 3.63) is 41.7 Å². The van der Waals surface area contributed by atoms with Gasteiger partial charge in [0, 0.05) is 32.1 Å². The summed E-state index contributed by atoms with van der Waals surface area (Å²) in [6.07, 6.45) is 4.99. The van der Waals surface area contributed by atoms with Gasteiger partial charge in [-0.3, -0.25) is 9.89 Å². The highest BCUT2D eigenvalue weighted by Crippen LogP contribution is 2.32. The molecule has 0 radical (unpaired) electrons. The van der Waals surface area contributed by atoms with Gasteiger partial charge in [0.25, 0.3) is 5.91 Å². The molecular weight excluding hydrogens is 392 g/mol. The molecule has 2 fully saturated rings. The Morgan fingerprint density at radius 3 is 2.38 bits per heavy atom. The first-order valence-electron chi connectivity index (χ1n) is 9.97. The van der Waals surface area contributed by atoms with Gasteiger partial charge < -0.3 is 9.64 Å². The summed E-state index contributed by atoms with van der Waals surface area (Å²) < 4.78 is 32.5. The number of likely N-dealkylation sites (tertiary alicyclic amines) is 1. The number of benzene rings is 1. The van der Waals surface area contributed by atoms with Crippen molar-refractivity contribution in [2.75, 3.05) is 33.3 Å². The lowest BCUT2D eigenvalue weighted by Gasteiger charge is -2.31. The number of sulfonamides is 1. The lowest BCUT2D eigenvalue weighted by Crippen LogP contribution is -2.38. The van der Waals surface area contributed by atoms with Crippen molar-refractivity contribution in [3.8, 4) is 5.75 Å². The molecule has 3 heterocycles. The molecular formula is C20H26N4O4S. The normalized spacial score (nSPS) is 18.9. The van der Waals surface area contributed by atoms with E-state index in [9.17, 15) is 13.2 Å². The van der Waals surface area contributed by atoms with Gasteiger partial charge in [0.05, 0.1) is 29.5 Å². The maximum absolute atomic E-state index is 12.9. The average Bonchev–Trinajstić information content (AvgIpc) is 3.45. The Morgan fingerprint density at radius 2 is 1.76 bits per heavy atom. The Balaban J connectivity index is 1.44. The molecule has 1 N–H and O–H groups in total. The molecule has 0 spiro atoms. The van der Waals surface area contributed by atoms with Crippen LogP contribution in [-0.4, -0.2) is 67.0 Å². The van der Waals surface area contributed by atoms with Gasteiger partial charge in [0.2, 0.25) is 10.0 Å². The van der Waals surface area contributed by atoms with E-state index in [1.807, 2.05) is 4.90 Å².